The van der Waals surface area contributed by atoms with E-state index in [9.17, 15) is 17.6 Å². The highest BCUT2D eigenvalue weighted by Gasteiger charge is 2.34. The number of carbonyl (C=O) groups is 1. The van der Waals surface area contributed by atoms with Crippen LogP contribution < -0.4 is 5.32 Å². The molecule has 0 bridgehead atoms. The second kappa shape index (κ2) is 7.99. The molecule has 1 amide bonds. The van der Waals surface area contributed by atoms with Crippen LogP contribution in [0.5, 0.6) is 0 Å². The standard InChI is InChI=1S/C18H21FN4O3S/c1-2-23(15-8-10-27(25,26)12-15)17(24)16-7-9-20-18(22-16)21-11-13-3-5-14(19)6-4-13/h3-7,9,15H,2,8,10-12H2,1H3,(H,20,21,22). The Kier molecular flexibility index (Phi) is 5.69. The number of hydrogen-bond acceptors (Lipinski definition) is 6. The van der Waals surface area contributed by atoms with Crippen LogP contribution in [0.15, 0.2) is 36.5 Å². The molecule has 1 fully saturated rings. The molecule has 1 saturated heterocycles. The van der Waals surface area contributed by atoms with E-state index in [-0.39, 0.29) is 40.9 Å². The van der Waals surface area contributed by atoms with Crippen molar-refractivity contribution < 1.29 is 17.6 Å². The molecule has 3 rings (SSSR count). The van der Waals surface area contributed by atoms with Crippen molar-refractivity contribution in [1.82, 2.24) is 14.9 Å². The molecule has 7 nitrogen and oxygen atoms in total. The van der Waals surface area contributed by atoms with Gasteiger partial charge in [-0.2, -0.15) is 0 Å². The van der Waals surface area contributed by atoms with Crippen molar-refractivity contribution in [3.05, 3.63) is 53.6 Å². The highest BCUT2D eigenvalue weighted by atomic mass is 32.2. The molecule has 27 heavy (non-hydrogen) atoms. The quantitative estimate of drug-likeness (QED) is 0.807. The summed E-state index contributed by atoms with van der Waals surface area (Å²) < 4.78 is 36.4. The number of benzene rings is 1. The van der Waals surface area contributed by atoms with Crippen LogP contribution in [0.3, 0.4) is 0 Å². The van der Waals surface area contributed by atoms with Crippen LogP contribution in [-0.2, 0) is 16.4 Å². The van der Waals surface area contributed by atoms with Gasteiger partial charge < -0.3 is 10.2 Å². The lowest BCUT2D eigenvalue weighted by Crippen LogP contribution is -2.41. The maximum Gasteiger partial charge on any atom is 0.272 e. The van der Waals surface area contributed by atoms with Gasteiger partial charge in [0, 0.05) is 25.3 Å². The Balaban J connectivity index is 1.70. The van der Waals surface area contributed by atoms with Crippen molar-refractivity contribution in [2.24, 2.45) is 0 Å². The number of halogens is 1. The van der Waals surface area contributed by atoms with Gasteiger partial charge in [-0.05, 0) is 37.1 Å². The number of hydrogen-bond donors (Lipinski definition) is 1. The van der Waals surface area contributed by atoms with Gasteiger partial charge in [0.25, 0.3) is 5.91 Å². The fourth-order valence-electron chi connectivity index (χ4n) is 3.08. The zero-order valence-electron chi connectivity index (χ0n) is 14.9. The van der Waals surface area contributed by atoms with E-state index in [0.29, 0.717) is 19.5 Å². The van der Waals surface area contributed by atoms with Gasteiger partial charge in [-0.15, -0.1) is 0 Å². The Bertz CT molecular complexity index is 918. The van der Waals surface area contributed by atoms with Crippen LogP contribution >= 0.6 is 0 Å². The van der Waals surface area contributed by atoms with E-state index in [0.717, 1.165) is 5.56 Å². The molecule has 1 aromatic carbocycles. The largest absolute Gasteiger partial charge is 0.350 e. The first-order valence-electron chi connectivity index (χ1n) is 8.70. The summed E-state index contributed by atoms with van der Waals surface area (Å²) in [4.78, 5) is 22.7. The average molecular weight is 392 g/mol. The number of rotatable bonds is 6. The van der Waals surface area contributed by atoms with E-state index in [1.165, 1.54) is 24.4 Å². The summed E-state index contributed by atoms with van der Waals surface area (Å²) >= 11 is 0. The van der Waals surface area contributed by atoms with Crippen molar-refractivity contribution >= 4 is 21.7 Å². The minimum atomic E-state index is -3.08. The molecule has 1 N–H and O–H groups in total. The molecule has 144 valence electrons. The summed E-state index contributed by atoms with van der Waals surface area (Å²) in [6, 6.07) is 7.22. The van der Waals surface area contributed by atoms with Gasteiger partial charge in [0.1, 0.15) is 11.5 Å². The zero-order valence-corrected chi connectivity index (χ0v) is 15.7. The highest BCUT2D eigenvalue weighted by Crippen LogP contribution is 2.19. The van der Waals surface area contributed by atoms with Crippen LogP contribution in [0.4, 0.5) is 10.3 Å². The van der Waals surface area contributed by atoms with E-state index in [4.69, 9.17) is 0 Å². The summed E-state index contributed by atoms with van der Waals surface area (Å²) in [5.41, 5.74) is 1.06. The summed E-state index contributed by atoms with van der Waals surface area (Å²) in [7, 11) is -3.08. The Hall–Kier alpha value is -2.55. The van der Waals surface area contributed by atoms with Gasteiger partial charge in [-0.1, -0.05) is 12.1 Å². The monoisotopic (exact) mass is 392 g/mol. The maximum atomic E-state index is 13.0. The van der Waals surface area contributed by atoms with E-state index in [1.54, 1.807) is 17.0 Å². The molecule has 0 radical (unpaired) electrons. The molecule has 2 heterocycles. The number of anilines is 1. The van der Waals surface area contributed by atoms with Crippen LogP contribution in [-0.4, -0.2) is 53.3 Å². The van der Waals surface area contributed by atoms with Crippen molar-refractivity contribution in [3.8, 4) is 0 Å². The van der Waals surface area contributed by atoms with E-state index in [1.807, 2.05) is 6.92 Å². The SMILES string of the molecule is CCN(C(=O)c1ccnc(NCc2ccc(F)cc2)n1)C1CCS(=O)(=O)C1. The molecule has 1 aromatic heterocycles. The fraction of sp³-hybridized carbons (Fsp3) is 0.389. The van der Waals surface area contributed by atoms with Crippen LogP contribution in [0.1, 0.15) is 29.4 Å². The topological polar surface area (TPSA) is 92.3 Å². The second-order valence-electron chi connectivity index (χ2n) is 6.39. The smallest absolute Gasteiger partial charge is 0.272 e. The lowest BCUT2D eigenvalue weighted by Gasteiger charge is -2.26. The first kappa shape index (κ1) is 19.2. The first-order chi connectivity index (χ1) is 12.9. The van der Waals surface area contributed by atoms with Crippen molar-refractivity contribution in [2.75, 3.05) is 23.4 Å². The average Bonchev–Trinajstić information content (AvgIpc) is 3.01. The van der Waals surface area contributed by atoms with Crippen molar-refractivity contribution in [3.63, 3.8) is 0 Å². The highest BCUT2D eigenvalue weighted by molar-refractivity contribution is 7.91. The predicted molar refractivity (Wildman–Crippen MR) is 99.5 cm³/mol. The number of amides is 1. The van der Waals surface area contributed by atoms with E-state index >= 15 is 0 Å². The third-order valence-electron chi connectivity index (χ3n) is 4.49. The Morgan fingerprint density at radius 1 is 1.30 bits per heavy atom. The van der Waals surface area contributed by atoms with E-state index < -0.39 is 9.84 Å². The molecule has 0 aliphatic carbocycles. The normalized spacial score (nSPS) is 18.2. The number of nitrogens with zero attached hydrogens (tertiary/aromatic N) is 3. The molecule has 1 atom stereocenters. The summed E-state index contributed by atoms with van der Waals surface area (Å²) in [5.74, 6) is -0.244. The van der Waals surface area contributed by atoms with Crippen LogP contribution in [0.25, 0.3) is 0 Å². The number of sulfone groups is 1. The number of carbonyl (C=O) groups excluding carboxylic acids is 1. The Morgan fingerprint density at radius 3 is 2.67 bits per heavy atom. The van der Waals surface area contributed by atoms with Gasteiger partial charge in [0.2, 0.25) is 5.95 Å². The fourth-order valence-corrected chi connectivity index (χ4v) is 4.81. The lowest BCUT2D eigenvalue weighted by molar-refractivity contribution is 0.0702. The Morgan fingerprint density at radius 2 is 2.04 bits per heavy atom. The molecule has 1 aliphatic heterocycles. The molecule has 1 aliphatic rings. The summed E-state index contributed by atoms with van der Waals surface area (Å²) in [6.07, 6.45) is 1.93. The second-order valence-corrected chi connectivity index (χ2v) is 8.62. The Labute approximate surface area is 157 Å². The number of nitrogens with one attached hydrogen (secondary N) is 1. The molecule has 0 saturated carbocycles. The summed E-state index contributed by atoms with van der Waals surface area (Å²) in [6.45, 7) is 2.61. The van der Waals surface area contributed by atoms with Gasteiger partial charge in [0.05, 0.1) is 11.5 Å². The molecular weight excluding hydrogens is 371 g/mol. The van der Waals surface area contributed by atoms with Crippen LogP contribution in [0.2, 0.25) is 0 Å². The van der Waals surface area contributed by atoms with Crippen LogP contribution in [0, 0.1) is 5.82 Å². The van der Waals surface area contributed by atoms with Crippen molar-refractivity contribution in [1.29, 1.82) is 0 Å². The lowest BCUT2D eigenvalue weighted by atomic mass is 10.2. The molecule has 1 unspecified atom stereocenters. The minimum absolute atomic E-state index is 0.00661. The molecule has 2 aromatic rings. The number of aromatic nitrogens is 2. The summed E-state index contributed by atoms with van der Waals surface area (Å²) in [5, 5.41) is 3.00. The molecular formula is C18H21FN4O3S. The molecule has 9 heteroatoms. The van der Waals surface area contributed by atoms with Gasteiger partial charge in [-0.25, -0.2) is 22.8 Å². The van der Waals surface area contributed by atoms with E-state index in [2.05, 4.69) is 15.3 Å². The maximum absolute atomic E-state index is 13.0. The minimum Gasteiger partial charge on any atom is -0.350 e. The van der Waals surface area contributed by atoms with Gasteiger partial charge in [-0.3, -0.25) is 4.79 Å². The van der Waals surface area contributed by atoms with Crippen molar-refractivity contribution in [2.45, 2.75) is 25.9 Å². The van der Waals surface area contributed by atoms with Gasteiger partial charge >= 0.3 is 0 Å². The van der Waals surface area contributed by atoms with Gasteiger partial charge in [0.15, 0.2) is 9.84 Å². The zero-order chi connectivity index (χ0) is 19.4. The predicted octanol–water partition coefficient (Wildman–Crippen LogP) is 1.88. The third-order valence-corrected chi connectivity index (χ3v) is 6.24. The molecule has 0 spiro atoms. The third kappa shape index (κ3) is 4.79. The first-order valence-corrected chi connectivity index (χ1v) is 10.5.